The fraction of sp³-hybridized carbons (Fsp3) is 0.250. The van der Waals surface area contributed by atoms with Gasteiger partial charge in [-0.05, 0) is 22.9 Å². The average molecular weight is 229 g/mol. The van der Waals surface area contributed by atoms with Crippen molar-refractivity contribution >= 4 is 27.5 Å². The van der Waals surface area contributed by atoms with Gasteiger partial charge in [0.25, 0.3) is 0 Å². The Bertz CT molecular complexity index is 294. The third kappa shape index (κ3) is 3.99. The molecule has 0 aliphatic rings. The van der Waals surface area contributed by atoms with Crippen molar-refractivity contribution in [3.05, 3.63) is 24.4 Å². The molecule has 0 aliphatic carbocycles. The molecular formula is C8H11N3OS2. The topological polar surface area (TPSA) is 82.0 Å². The molecule has 0 bridgehead atoms. The highest BCUT2D eigenvalue weighted by molar-refractivity contribution is 8.76. The van der Waals surface area contributed by atoms with Gasteiger partial charge in [-0.1, -0.05) is 16.9 Å². The lowest BCUT2D eigenvalue weighted by Crippen LogP contribution is -2.38. The van der Waals surface area contributed by atoms with E-state index < -0.39 is 11.9 Å². The second-order valence-electron chi connectivity index (χ2n) is 2.54. The van der Waals surface area contributed by atoms with Gasteiger partial charge < -0.3 is 11.5 Å². The van der Waals surface area contributed by atoms with Gasteiger partial charge in [0.15, 0.2) is 0 Å². The number of amides is 1. The van der Waals surface area contributed by atoms with Gasteiger partial charge in [0, 0.05) is 11.9 Å². The Morgan fingerprint density at radius 2 is 2.36 bits per heavy atom. The van der Waals surface area contributed by atoms with Crippen molar-refractivity contribution in [1.82, 2.24) is 4.98 Å². The Hall–Kier alpha value is -0.720. The Labute approximate surface area is 90.2 Å². The van der Waals surface area contributed by atoms with Crippen molar-refractivity contribution in [2.24, 2.45) is 11.5 Å². The minimum Gasteiger partial charge on any atom is -0.368 e. The number of pyridine rings is 1. The molecule has 0 radical (unpaired) electrons. The van der Waals surface area contributed by atoms with Crippen LogP contribution < -0.4 is 11.5 Å². The molecule has 0 aliphatic heterocycles. The van der Waals surface area contributed by atoms with Crippen LogP contribution in [0.2, 0.25) is 0 Å². The number of nitrogens with zero attached hydrogens (tertiary/aromatic N) is 1. The van der Waals surface area contributed by atoms with E-state index in [0.717, 1.165) is 5.03 Å². The SMILES string of the molecule is NC(=O)[C@@H](N)CSSc1ccccn1. The van der Waals surface area contributed by atoms with Crippen LogP contribution in [-0.2, 0) is 4.79 Å². The first kappa shape index (κ1) is 11.4. The van der Waals surface area contributed by atoms with Gasteiger partial charge in [-0.2, -0.15) is 0 Å². The summed E-state index contributed by atoms with van der Waals surface area (Å²) in [5.74, 6) is 0.0236. The molecule has 1 heterocycles. The average Bonchev–Trinajstić information content (AvgIpc) is 2.19. The lowest BCUT2D eigenvalue weighted by molar-refractivity contribution is -0.118. The molecule has 1 aromatic heterocycles. The van der Waals surface area contributed by atoms with Gasteiger partial charge >= 0.3 is 0 Å². The Morgan fingerprint density at radius 1 is 1.57 bits per heavy atom. The van der Waals surface area contributed by atoms with E-state index in [9.17, 15) is 4.79 Å². The maximum Gasteiger partial charge on any atom is 0.235 e. The first-order valence-corrected chi connectivity index (χ1v) is 6.27. The summed E-state index contributed by atoms with van der Waals surface area (Å²) in [7, 11) is 2.96. The molecule has 1 atom stereocenters. The summed E-state index contributed by atoms with van der Waals surface area (Å²) < 4.78 is 0. The van der Waals surface area contributed by atoms with E-state index >= 15 is 0 Å². The van der Waals surface area contributed by atoms with E-state index in [0.29, 0.717) is 5.75 Å². The largest absolute Gasteiger partial charge is 0.368 e. The van der Waals surface area contributed by atoms with Crippen LogP contribution in [0, 0.1) is 0 Å². The first-order chi connectivity index (χ1) is 6.70. The quantitative estimate of drug-likeness (QED) is 0.724. The molecular weight excluding hydrogens is 218 g/mol. The second-order valence-corrected chi connectivity index (χ2v) is 4.91. The van der Waals surface area contributed by atoms with Crippen LogP contribution in [0.3, 0.4) is 0 Å². The summed E-state index contributed by atoms with van der Waals surface area (Å²) in [6.07, 6.45) is 1.72. The highest BCUT2D eigenvalue weighted by Gasteiger charge is 2.09. The maximum absolute atomic E-state index is 10.6. The number of hydrogen-bond acceptors (Lipinski definition) is 5. The Morgan fingerprint density at radius 3 is 2.93 bits per heavy atom. The van der Waals surface area contributed by atoms with Crippen molar-refractivity contribution in [1.29, 1.82) is 0 Å². The minimum atomic E-state index is -0.587. The predicted molar refractivity (Wildman–Crippen MR) is 59.7 cm³/mol. The summed E-state index contributed by atoms with van der Waals surface area (Å²) in [6.45, 7) is 0. The number of primary amides is 1. The van der Waals surface area contributed by atoms with Crippen LogP contribution in [0.4, 0.5) is 0 Å². The van der Waals surface area contributed by atoms with Gasteiger partial charge in [0.2, 0.25) is 5.91 Å². The molecule has 76 valence electrons. The standard InChI is InChI=1S/C8H11N3OS2/c9-6(8(10)12)5-13-14-7-3-1-2-4-11-7/h1-4,6H,5,9H2,(H2,10,12)/t6-/m0/s1. The van der Waals surface area contributed by atoms with E-state index in [2.05, 4.69) is 4.98 Å². The van der Waals surface area contributed by atoms with Crippen LogP contribution in [0.5, 0.6) is 0 Å². The predicted octanol–water partition coefficient (Wildman–Crippen LogP) is 0.634. The number of rotatable bonds is 5. The van der Waals surface area contributed by atoms with E-state index in [-0.39, 0.29) is 0 Å². The fourth-order valence-electron chi connectivity index (χ4n) is 0.646. The first-order valence-electron chi connectivity index (χ1n) is 3.95. The molecule has 0 aromatic carbocycles. The number of nitrogens with two attached hydrogens (primary N) is 2. The van der Waals surface area contributed by atoms with Crippen LogP contribution >= 0.6 is 21.6 Å². The summed E-state index contributed by atoms with van der Waals surface area (Å²) in [5.41, 5.74) is 10.5. The minimum absolute atomic E-state index is 0.473. The van der Waals surface area contributed by atoms with Crippen LogP contribution in [0.25, 0.3) is 0 Å². The number of carbonyl (C=O) groups excluding carboxylic acids is 1. The van der Waals surface area contributed by atoms with Crippen molar-refractivity contribution in [3.63, 3.8) is 0 Å². The summed E-state index contributed by atoms with van der Waals surface area (Å²) in [4.78, 5) is 14.7. The molecule has 0 saturated heterocycles. The third-order valence-corrected chi connectivity index (χ3v) is 3.69. The molecule has 1 rings (SSSR count). The normalized spacial score (nSPS) is 12.4. The Kier molecular flexibility index (Phi) is 4.78. The van der Waals surface area contributed by atoms with E-state index in [1.54, 1.807) is 6.20 Å². The smallest absolute Gasteiger partial charge is 0.235 e. The van der Waals surface area contributed by atoms with Crippen molar-refractivity contribution in [2.75, 3.05) is 5.75 Å². The van der Waals surface area contributed by atoms with Gasteiger partial charge in [-0.25, -0.2) is 4.98 Å². The summed E-state index contributed by atoms with van der Waals surface area (Å²) >= 11 is 0. The number of aromatic nitrogens is 1. The lowest BCUT2D eigenvalue weighted by atomic mass is 10.4. The second kappa shape index (κ2) is 5.90. The van der Waals surface area contributed by atoms with E-state index in [1.165, 1.54) is 21.6 Å². The zero-order chi connectivity index (χ0) is 10.4. The van der Waals surface area contributed by atoms with Gasteiger partial charge in [0.1, 0.15) is 5.03 Å². The van der Waals surface area contributed by atoms with Crippen molar-refractivity contribution in [3.8, 4) is 0 Å². The zero-order valence-electron chi connectivity index (χ0n) is 7.42. The zero-order valence-corrected chi connectivity index (χ0v) is 9.05. The summed E-state index contributed by atoms with van der Waals surface area (Å²) in [6, 6.07) is 5.07. The monoisotopic (exact) mass is 229 g/mol. The maximum atomic E-state index is 10.6. The molecule has 6 heteroatoms. The highest BCUT2D eigenvalue weighted by atomic mass is 33.1. The summed E-state index contributed by atoms with van der Waals surface area (Å²) in [5, 5.41) is 0.897. The van der Waals surface area contributed by atoms with Crippen LogP contribution in [0.1, 0.15) is 0 Å². The lowest BCUT2D eigenvalue weighted by Gasteiger charge is -2.05. The molecule has 0 saturated carbocycles. The van der Waals surface area contributed by atoms with Crippen LogP contribution in [-0.4, -0.2) is 22.7 Å². The van der Waals surface area contributed by atoms with Gasteiger partial charge in [-0.15, -0.1) is 0 Å². The molecule has 4 nitrogen and oxygen atoms in total. The van der Waals surface area contributed by atoms with E-state index in [4.69, 9.17) is 11.5 Å². The fourth-order valence-corrected chi connectivity index (χ4v) is 2.69. The molecule has 1 amide bonds. The molecule has 0 unspecified atom stereocenters. The number of carbonyl (C=O) groups is 1. The van der Waals surface area contributed by atoms with Crippen LogP contribution in [0.15, 0.2) is 29.4 Å². The van der Waals surface area contributed by atoms with E-state index in [1.807, 2.05) is 18.2 Å². The van der Waals surface area contributed by atoms with Crippen molar-refractivity contribution in [2.45, 2.75) is 11.1 Å². The molecule has 14 heavy (non-hydrogen) atoms. The third-order valence-electron chi connectivity index (χ3n) is 1.40. The highest BCUT2D eigenvalue weighted by Crippen LogP contribution is 2.28. The molecule has 1 aromatic rings. The Balaban J connectivity index is 2.26. The number of hydrogen-bond donors (Lipinski definition) is 2. The van der Waals surface area contributed by atoms with Gasteiger partial charge in [0.05, 0.1) is 6.04 Å². The molecule has 4 N–H and O–H groups in total. The molecule has 0 fully saturated rings. The van der Waals surface area contributed by atoms with Crippen molar-refractivity contribution < 1.29 is 4.79 Å². The van der Waals surface area contributed by atoms with Gasteiger partial charge in [-0.3, -0.25) is 4.79 Å². The molecule has 0 spiro atoms.